The second kappa shape index (κ2) is 5.98. The molecular formula is C16H23ClN4. The summed E-state index contributed by atoms with van der Waals surface area (Å²) in [5.74, 6) is 0.940. The number of benzene rings is 1. The number of hydrogen-bond acceptors (Lipinski definition) is 3. The van der Waals surface area contributed by atoms with Crippen LogP contribution in [0.5, 0.6) is 0 Å². The molecule has 0 aliphatic rings. The van der Waals surface area contributed by atoms with Crippen LogP contribution in [-0.4, -0.2) is 16.8 Å². The maximum absolute atomic E-state index is 6.32. The zero-order chi connectivity index (χ0) is 15.7. The molecule has 21 heavy (non-hydrogen) atoms. The maximum atomic E-state index is 6.32. The van der Waals surface area contributed by atoms with Crippen molar-refractivity contribution in [1.29, 1.82) is 0 Å². The van der Waals surface area contributed by atoms with Crippen molar-refractivity contribution in [3.63, 3.8) is 0 Å². The van der Waals surface area contributed by atoms with Gasteiger partial charge in [-0.1, -0.05) is 29.8 Å². The number of rotatable bonds is 4. The van der Waals surface area contributed by atoms with Gasteiger partial charge in [0.1, 0.15) is 0 Å². The number of nitrogens with two attached hydrogens (primary N) is 1. The van der Waals surface area contributed by atoms with Gasteiger partial charge in [0, 0.05) is 18.1 Å². The number of nitrogens with zero attached hydrogens (tertiary/aromatic N) is 3. The first-order valence-corrected chi connectivity index (χ1v) is 7.54. The highest BCUT2D eigenvalue weighted by atomic mass is 35.5. The lowest BCUT2D eigenvalue weighted by Crippen LogP contribution is -2.26. The van der Waals surface area contributed by atoms with Crippen LogP contribution in [0.15, 0.2) is 24.3 Å². The number of aromatic nitrogens is 2. The Morgan fingerprint density at radius 3 is 2.43 bits per heavy atom. The van der Waals surface area contributed by atoms with Gasteiger partial charge in [0.15, 0.2) is 5.82 Å². The maximum Gasteiger partial charge on any atom is 0.151 e. The van der Waals surface area contributed by atoms with Gasteiger partial charge in [0.05, 0.1) is 17.4 Å². The summed E-state index contributed by atoms with van der Waals surface area (Å²) in [4.78, 5) is 2.14. The van der Waals surface area contributed by atoms with Crippen LogP contribution in [0.4, 0.5) is 11.5 Å². The Labute approximate surface area is 131 Å². The average Bonchev–Trinajstić information content (AvgIpc) is 2.74. The van der Waals surface area contributed by atoms with Crippen LogP contribution in [0.1, 0.15) is 44.1 Å². The van der Waals surface area contributed by atoms with E-state index >= 15 is 0 Å². The first-order valence-electron chi connectivity index (χ1n) is 7.16. The lowest BCUT2D eigenvalue weighted by atomic mass is 10.1. The summed E-state index contributed by atoms with van der Waals surface area (Å²) in [6, 6.07) is 8.25. The van der Waals surface area contributed by atoms with Crippen molar-refractivity contribution in [2.24, 2.45) is 0 Å². The summed E-state index contributed by atoms with van der Waals surface area (Å²) in [6.45, 7) is 8.26. The third-order valence-corrected chi connectivity index (χ3v) is 4.21. The molecule has 2 N–H and O–H groups in total. The predicted molar refractivity (Wildman–Crippen MR) is 90.0 cm³/mol. The van der Waals surface area contributed by atoms with Crippen LogP contribution in [0.2, 0.25) is 5.02 Å². The van der Waals surface area contributed by atoms with E-state index in [0.29, 0.717) is 0 Å². The fourth-order valence-electron chi connectivity index (χ4n) is 2.47. The molecule has 0 saturated carbocycles. The van der Waals surface area contributed by atoms with E-state index in [0.717, 1.165) is 27.8 Å². The highest BCUT2D eigenvalue weighted by Gasteiger charge is 2.23. The summed E-state index contributed by atoms with van der Waals surface area (Å²) in [5.41, 5.74) is 8.90. The number of hydrogen-bond donors (Lipinski definition) is 1. The van der Waals surface area contributed by atoms with Gasteiger partial charge in [-0.2, -0.15) is 5.10 Å². The second-order valence-electron chi connectivity index (χ2n) is 5.67. The molecule has 114 valence electrons. The van der Waals surface area contributed by atoms with Gasteiger partial charge in [-0.25, -0.2) is 4.68 Å². The zero-order valence-corrected chi connectivity index (χ0v) is 14.0. The second-order valence-corrected chi connectivity index (χ2v) is 6.08. The van der Waals surface area contributed by atoms with Crippen LogP contribution in [-0.2, 0) is 0 Å². The smallest absolute Gasteiger partial charge is 0.151 e. The normalized spacial score (nSPS) is 12.7. The lowest BCUT2D eigenvalue weighted by Gasteiger charge is -2.29. The molecule has 4 nitrogen and oxygen atoms in total. The van der Waals surface area contributed by atoms with Gasteiger partial charge in [0.2, 0.25) is 0 Å². The van der Waals surface area contributed by atoms with E-state index in [1.807, 2.05) is 42.9 Å². The molecule has 2 aromatic rings. The largest absolute Gasteiger partial charge is 0.394 e. The highest BCUT2D eigenvalue weighted by molar-refractivity contribution is 6.31. The minimum Gasteiger partial charge on any atom is -0.394 e. The van der Waals surface area contributed by atoms with E-state index < -0.39 is 0 Å². The molecule has 1 heterocycles. The zero-order valence-electron chi connectivity index (χ0n) is 13.3. The minimum absolute atomic E-state index is 0.106. The summed E-state index contributed by atoms with van der Waals surface area (Å²) in [6.07, 6.45) is 0. The van der Waals surface area contributed by atoms with Crippen LogP contribution in [0.3, 0.4) is 0 Å². The van der Waals surface area contributed by atoms with E-state index in [1.165, 1.54) is 0 Å². The minimum atomic E-state index is 0.106. The van der Waals surface area contributed by atoms with Crippen molar-refractivity contribution in [2.75, 3.05) is 17.7 Å². The number of nitrogen functional groups attached to an aromatic ring is 1. The van der Waals surface area contributed by atoms with Crippen molar-refractivity contribution >= 4 is 23.1 Å². The Morgan fingerprint density at radius 2 is 1.86 bits per heavy atom. The summed E-state index contributed by atoms with van der Waals surface area (Å²) in [7, 11) is 2.03. The first kappa shape index (κ1) is 15.7. The third kappa shape index (κ3) is 2.86. The summed E-state index contributed by atoms with van der Waals surface area (Å²) < 4.78 is 1.97. The number of aryl methyl sites for hydroxylation is 1. The molecule has 0 saturated heterocycles. The molecule has 2 rings (SSSR count). The molecule has 0 aliphatic carbocycles. The lowest BCUT2D eigenvalue weighted by molar-refractivity contribution is 0.519. The summed E-state index contributed by atoms with van der Waals surface area (Å²) >= 11 is 6.32. The third-order valence-electron chi connectivity index (χ3n) is 3.86. The Morgan fingerprint density at radius 1 is 1.24 bits per heavy atom. The van der Waals surface area contributed by atoms with Crippen LogP contribution in [0.25, 0.3) is 0 Å². The molecule has 5 heteroatoms. The molecule has 0 aliphatic heterocycles. The van der Waals surface area contributed by atoms with Crippen LogP contribution >= 0.6 is 11.6 Å². The van der Waals surface area contributed by atoms with Gasteiger partial charge in [-0.15, -0.1) is 0 Å². The Kier molecular flexibility index (Phi) is 4.47. The first-order chi connectivity index (χ1) is 9.84. The van der Waals surface area contributed by atoms with Crippen molar-refractivity contribution in [3.05, 3.63) is 40.5 Å². The van der Waals surface area contributed by atoms with Crippen molar-refractivity contribution < 1.29 is 0 Å². The van der Waals surface area contributed by atoms with Gasteiger partial charge in [0.25, 0.3) is 0 Å². The number of halogens is 1. The molecule has 1 unspecified atom stereocenters. The van der Waals surface area contributed by atoms with Gasteiger partial charge >= 0.3 is 0 Å². The quantitative estimate of drug-likeness (QED) is 0.920. The average molecular weight is 307 g/mol. The van der Waals surface area contributed by atoms with E-state index in [4.69, 9.17) is 17.3 Å². The van der Waals surface area contributed by atoms with E-state index in [2.05, 4.69) is 30.8 Å². The van der Waals surface area contributed by atoms with Gasteiger partial charge in [-0.05, 0) is 39.3 Å². The molecule has 0 radical (unpaired) electrons. The van der Waals surface area contributed by atoms with Gasteiger partial charge in [-0.3, -0.25) is 0 Å². The highest BCUT2D eigenvalue weighted by Crippen LogP contribution is 2.35. The van der Waals surface area contributed by atoms with E-state index in [1.54, 1.807) is 0 Å². The monoisotopic (exact) mass is 306 g/mol. The summed E-state index contributed by atoms with van der Waals surface area (Å²) in [5, 5.41) is 5.31. The predicted octanol–water partition coefficient (Wildman–Crippen LogP) is 4.21. The van der Waals surface area contributed by atoms with Crippen molar-refractivity contribution in [3.8, 4) is 0 Å². The topological polar surface area (TPSA) is 47.1 Å². The van der Waals surface area contributed by atoms with Gasteiger partial charge < -0.3 is 10.6 Å². The number of anilines is 2. The Hall–Kier alpha value is -1.68. The fourth-order valence-corrected chi connectivity index (χ4v) is 2.76. The SMILES string of the molecule is Cc1nn(C(C)C)c(N(C)C(C)c2ccccc2Cl)c1N. The fraction of sp³-hybridized carbons (Fsp3) is 0.438. The standard InChI is InChI=1S/C16H23ClN4/c1-10(2)21-16(15(18)11(3)19-21)20(5)12(4)13-8-6-7-9-14(13)17/h6-10,12H,18H2,1-5H3. The Bertz CT molecular complexity index is 633. The molecule has 1 atom stereocenters. The molecule has 1 aromatic carbocycles. The van der Waals surface area contributed by atoms with Crippen LogP contribution in [0, 0.1) is 6.92 Å². The molecule has 1 aromatic heterocycles. The molecule has 0 amide bonds. The molecular weight excluding hydrogens is 284 g/mol. The van der Waals surface area contributed by atoms with E-state index in [-0.39, 0.29) is 12.1 Å². The van der Waals surface area contributed by atoms with Crippen molar-refractivity contribution in [1.82, 2.24) is 9.78 Å². The van der Waals surface area contributed by atoms with Crippen molar-refractivity contribution in [2.45, 2.75) is 39.8 Å². The molecule has 0 fully saturated rings. The molecule has 0 spiro atoms. The van der Waals surface area contributed by atoms with Crippen LogP contribution < -0.4 is 10.6 Å². The Balaban J connectivity index is 2.45. The molecule has 0 bridgehead atoms. The van der Waals surface area contributed by atoms with E-state index in [9.17, 15) is 0 Å².